The van der Waals surface area contributed by atoms with Gasteiger partial charge in [-0.3, -0.25) is 9.59 Å². The zero-order chi connectivity index (χ0) is 13.8. The van der Waals surface area contributed by atoms with E-state index in [1.54, 1.807) is 16.2 Å². The molecule has 0 saturated carbocycles. The van der Waals surface area contributed by atoms with Crippen LogP contribution in [0.3, 0.4) is 0 Å². The molecule has 0 unspecified atom stereocenters. The first kappa shape index (κ1) is 14.1. The van der Waals surface area contributed by atoms with Crippen LogP contribution in [0.15, 0.2) is 12.1 Å². The van der Waals surface area contributed by atoms with Gasteiger partial charge in [0.05, 0.1) is 6.54 Å². The zero-order valence-corrected chi connectivity index (χ0v) is 12.3. The van der Waals surface area contributed by atoms with E-state index in [0.29, 0.717) is 13.1 Å². The molecule has 1 fully saturated rings. The van der Waals surface area contributed by atoms with E-state index in [0.717, 1.165) is 24.1 Å². The van der Waals surface area contributed by atoms with Gasteiger partial charge in [0.15, 0.2) is 0 Å². The molecule has 1 aliphatic rings. The molecule has 1 atom stereocenters. The third kappa shape index (κ3) is 3.35. The lowest BCUT2D eigenvalue weighted by Gasteiger charge is -2.22. The van der Waals surface area contributed by atoms with E-state index >= 15 is 0 Å². The predicted molar refractivity (Wildman–Crippen MR) is 76.0 cm³/mol. The molecule has 4 nitrogen and oxygen atoms in total. The lowest BCUT2D eigenvalue weighted by Crippen LogP contribution is -2.44. The van der Waals surface area contributed by atoms with Crippen LogP contribution in [0.25, 0.3) is 0 Å². The summed E-state index contributed by atoms with van der Waals surface area (Å²) in [7, 11) is 0. The van der Waals surface area contributed by atoms with E-state index in [2.05, 4.69) is 24.4 Å². The molecule has 0 radical (unpaired) electrons. The Morgan fingerprint density at radius 3 is 2.79 bits per heavy atom. The van der Waals surface area contributed by atoms with Crippen LogP contribution in [-0.2, 0) is 22.6 Å². The van der Waals surface area contributed by atoms with Gasteiger partial charge in [0.2, 0.25) is 11.8 Å². The summed E-state index contributed by atoms with van der Waals surface area (Å²) in [5.74, 6) is -0.0406. The summed E-state index contributed by atoms with van der Waals surface area (Å²) in [6.45, 7) is 4.91. The molecule has 0 aliphatic carbocycles. The molecule has 2 rings (SSSR count). The molecule has 104 valence electrons. The minimum atomic E-state index is -0.275. The van der Waals surface area contributed by atoms with Crippen LogP contribution in [0.2, 0.25) is 0 Å². The van der Waals surface area contributed by atoms with Crippen molar-refractivity contribution in [3.05, 3.63) is 21.9 Å². The Morgan fingerprint density at radius 1 is 1.42 bits per heavy atom. The normalized spacial score (nSPS) is 18.6. The van der Waals surface area contributed by atoms with Crippen molar-refractivity contribution in [1.29, 1.82) is 0 Å². The SMILES string of the molecule is CCc1ccc(CNC(=O)[C@H]2CCCN2C(C)=O)s1. The Bertz CT molecular complexity index is 470. The molecular weight excluding hydrogens is 260 g/mol. The van der Waals surface area contributed by atoms with Gasteiger partial charge in [-0.25, -0.2) is 0 Å². The van der Waals surface area contributed by atoms with E-state index in [9.17, 15) is 9.59 Å². The van der Waals surface area contributed by atoms with Crippen LogP contribution in [0.5, 0.6) is 0 Å². The van der Waals surface area contributed by atoms with Gasteiger partial charge in [-0.05, 0) is 31.4 Å². The number of likely N-dealkylation sites (tertiary alicyclic amines) is 1. The predicted octanol–water partition coefficient (Wildman–Crippen LogP) is 1.94. The Hall–Kier alpha value is -1.36. The van der Waals surface area contributed by atoms with Crippen LogP contribution in [0, 0.1) is 0 Å². The maximum Gasteiger partial charge on any atom is 0.243 e. The van der Waals surface area contributed by atoms with E-state index < -0.39 is 0 Å². The Morgan fingerprint density at radius 2 is 2.16 bits per heavy atom. The van der Waals surface area contributed by atoms with Crippen molar-refractivity contribution in [3.8, 4) is 0 Å². The molecule has 1 saturated heterocycles. The summed E-state index contributed by atoms with van der Waals surface area (Å²) in [4.78, 5) is 27.7. The number of hydrogen-bond donors (Lipinski definition) is 1. The molecule has 0 spiro atoms. The maximum absolute atomic E-state index is 12.1. The standard InChI is InChI=1S/C14H20N2O2S/c1-3-11-6-7-12(19-11)9-15-14(18)13-5-4-8-16(13)10(2)17/h6-7,13H,3-5,8-9H2,1-2H3,(H,15,18)/t13-/m1/s1. The second-order valence-corrected chi connectivity index (χ2v) is 6.06. The minimum Gasteiger partial charge on any atom is -0.349 e. The first-order chi connectivity index (χ1) is 9.11. The van der Waals surface area contributed by atoms with Crippen molar-refractivity contribution < 1.29 is 9.59 Å². The molecule has 5 heteroatoms. The summed E-state index contributed by atoms with van der Waals surface area (Å²) in [5, 5.41) is 2.94. The molecule has 1 aliphatic heterocycles. The summed E-state index contributed by atoms with van der Waals surface area (Å²) in [6.07, 6.45) is 2.71. The van der Waals surface area contributed by atoms with Gasteiger partial charge in [0, 0.05) is 23.2 Å². The minimum absolute atomic E-state index is 0.0120. The van der Waals surface area contributed by atoms with Crippen molar-refractivity contribution in [3.63, 3.8) is 0 Å². The molecule has 0 aromatic carbocycles. The van der Waals surface area contributed by atoms with Gasteiger partial charge in [-0.2, -0.15) is 0 Å². The smallest absolute Gasteiger partial charge is 0.243 e. The van der Waals surface area contributed by atoms with Crippen LogP contribution in [0.4, 0.5) is 0 Å². The maximum atomic E-state index is 12.1. The average molecular weight is 280 g/mol. The molecule has 0 bridgehead atoms. The number of amides is 2. The van der Waals surface area contributed by atoms with Crippen molar-refractivity contribution in [2.45, 2.75) is 45.7 Å². The molecular formula is C14H20N2O2S. The molecule has 19 heavy (non-hydrogen) atoms. The fraction of sp³-hybridized carbons (Fsp3) is 0.571. The first-order valence-electron chi connectivity index (χ1n) is 6.74. The second-order valence-electron chi connectivity index (χ2n) is 4.81. The van der Waals surface area contributed by atoms with Crippen molar-refractivity contribution in [2.24, 2.45) is 0 Å². The highest BCUT2D eigenvalue weighted by Crippen LogP contribution is 2.19. The Labute approximate surface area is 117 Å². The fourth-order valence-electron chi connectivity index (χ4n) is 2.42. The Kier molecular flexibility index (Phi) is 4.58. The highest BCUT2D eigenvalue weighted by molar-refractivity contribution is 7.11. The van der Waals surface area contributed by atoms with Crippen LogP contribution in [-0.4, -0.2) is 29.3 Å². The van der Waals surface area contributed by atoms with Crippen LogP contribution >= 0.6 is 11.3 Å². The molecule has 1 aromatic heterocycles. The number of nitrogens with zero attached hydrogens (tertiary/aromatic N) is 1. The third-order valence-corrected chi connectivity index (χ3v) is 4.69. The highest BCUT2D eigenvalue weighted by Gasteiger charge is 2.31. The second kappa shape index (κ2) is 6.19. The van der Waals surface area contributed by atoms with E-state index in [1.165, 1.54) is 11.8 Å². The Balaban J connectivity index is 1.88. The number of thiophene rings is 1. The highest BCUT2D eigenvalue weighted by atomic mass is 32.1. The summed E-state index contributed by atoms with van der Waals surface area (Å²) < 4.78 is 0. The molecule has 1 aromatic rings. The number of aryl methyl sites for hydroxylation is 1. The van der Waals surface area contributed by atoms with Crippen LogP contribution in [0.1, 0.15) is 36.4 Å². The van der Waals surface area contributed by atoms with Crippen molar-refractivity contribution in [1.82, 2.24) is 10.2 Å². The topological polar surface area (TPSA) is 49.4 Å². The lowest BCUT2D eigenvalue weighted by atomic mass is 10.2. The summed E-state index contributed by atoms with van der Waals surface area (Å²) in [5.41, 5.74) is 0. The van der Waals surface area contributed by atoms with Crippen molar-refractivity contribution in [2.75, 3.05) is 6.54 Å². The summed E-state index contributed by atoms with van der Waals surface area (Å²) >= 11 is 1.73. The van der Waals surface area contributed by atoms with Crippen molar-refractivity contribution >= 4 is 23.2 Å². The quantitative estimate of drug-likeness (QED) is 0.916. The van der Waals surface area contributed by atoms with Crippen LogP contribution < -0.4 is 5.32 Å². The van der Waals surface area contributed by atoms with Gasteiger partial charge in [0.1, 0.15) is 6.04 Å². The number of rotatable bonds is 4. The van der Waals surface area contributed by atoms with E-state index in [4.69, 9.17) is 0 Å². The first-order valence-corrected chi connectivity index (χ1v) is 7.56. The van der Waals surface area contributed by atoms with Gasteiger partial charge < -0.3 is 10.2 Å². The van der Waals surface area contributed by atoms with Gasteiger partial charge in [0.25, 0.3) is 0 Å². The third-order valence-electron chi connectivity index (χ3n) is 3.46. The zero-order valence-electron chi connectivity index (χ0n) is 11.4. The number of carbonyl (C=O) groups is 2. The largest absolute Gasteiger partial charge is 0.349 e. The van der Waals surface area contributed by atoms with Gasteiger partial charge in [-0.1, -0.05) is 6.92 Å². The van der Waals surface area contributed by atoms with E-state index in [1.807, 2.05) is 0 Å². The number of carbonyl (C=O) groups excluding carboxylic acids is 2. The molecule has 2 amide bonds. The number of nitrogens with one attached hydrogen (secondary N) is 1. The molecule has 1 N–H and O–H groups in total. The van der Waals surface area contributed by atoms with Gasteiger partial charge in [-0.15, -0.1) is 11.3 Å². The van der Waals surface area contributed by atoms with Gasteiger partial charge >= 0.3 is 0 Å². The molecule has 2 heterocycles. The average Bonchev–Trinajstić information content (AvgIpc) is 3.04. The summed E-state index contributed by atoms with van der Waals surface area (Å²) in [6, 6.07) is 3.88. The monoisotopic (exact) mass is 280 g/mol. The fourth-order valence-corrected chi connectivity index (χ4v) is 3.31. The number of hydrogen-bond acceptors (Lipinski definition) is 3. The lowest BCUT2D eigenvalue weighted by molar-refractivity contribution is -0.136. The van der Waals surface area contributed by atoms with E-state index in [-0.39, 0.29) is 17.9 Å².